The van der Waals surface area contributed by atoms with Gasteiger partial charge in [-0.3, -0.25) is 9.67 Å². The van der Waals surface area contributed by atoms with E-state index in [0.29, 0.717) is 34.6 Å². The van der Waals surface area contributed by atoms with Crippen LogP contribution in [-0.2, 0) is 13.2 Å². The van der Waals surface area contributed by atoms with Crippen molar-refractivity contribution in [2.75, 3.05) is 5.73 Å². The molecule has 4 aromatic rings. The second-order valence-corrected chi connectivity index (χ2v) is 7.27. The topological polar surface area (TPSA) is 91.7 Å². The second kappa shape index (κ2) is 9.27. The Morgan fingerprint density at radius 1 is 1.03 bits per heavy atom. The van der Waals surface area contributed by atoms with Gasteiger partial charge in [-0.2, -0.15) is 10.1 Å². The van der Waals surface area contributed by atoms with Crippen LogP contribution in [0, 0.1) is 12.7 Å². The molecule has 0 aliphatic rings. The third kappa shape index (κ3) is 4.79. The number of rotatable bonds is 7. The minimum absolute atomic E-state index is 0.0723. The van der Waals surface area contributed by atoms with Crippen molar-refractivity contribution in [3.63, 3.8) is 0 Å². The van der Waals surface area contributed by atoms with Gasteiger partial charge in [0.1, 0.15) is 18.1 Å². The second-order valence-electron chi connectivity index (χ2n) is 7.27. The Balaban J connectivity index is 1.89. The van der Waals surface area contributed by atoms with Crippen LogP contribution in [0.3, 0.4) is 0 Å². The molecule has 0 aliphatic heterocycles. The first kappa shape index (κ1) is 22.3. The lowest BCUT2D eigenvalue weighted by Crippen LogP contribution is -2.09. The van der Waals surface area contributed by atoms with Crippen LogP contribution < -0.4 is 10.5 Å². The van der Waals surface area contributed by atoms with Gasteiger partial charge in [0, 0.05) is 24.0 Å². The van der Waals surface area contributed by atoms with Gasteiger partial charge in [-0.05, 0) is 61.9 Å². The van der Waals surface area contributed by atoms with Gasteiger partial charge in [0.2, 0.25) is 11.8 Å². The van der Waals surface area contributed by atoms with Crippen LogP contribution in [0.4, 0.5) is 19.1 Å². The standard InChI is InChI=1S/C23H21F3N6O/c1-3-32-17(8-9-28-32)12-33-22-19(15-10-13(2)29-18(11-15)21(25)26)20(30-23(27)31-22)14-4-6-16(24)7-5-14/h4-11,21H,3,12H2,1-2H3,(H2,27,30,31). The summed E-state index contributed by atoms with van der Waals surface area (Å²) in [5.74, 6) is -0.389. The Kier molecular flexibility index (Phi) is 6.25. The van der Waals surface area contributed by atoms with E-state index in [-0.39, 0.29) is 24.1 Å². The van der Waals surface area contributed by atoms with Crippen molar-refractivity contribution < 1.29 is 17.9 Å². The number of ether oxygens (including phenoxy) is 1. The number of aromatic nitrogens is 5. The summed E-state index contributed by atoms with van der Waals surface area (Å²) in [5, 5.41) is 4.21. The molecule has 0 saturated heterocycles. The molecule has 3 aromatic heterocycles. The predicted molar refractivity (Wildman–Crippen MR) is 117 cm³/mol. The fourth-order valence-electron chi connectivity index (χ4n) is 3.50. The van der Waals surface area contributed by atoms with Crippen LogP contribution >= 0.6 is 0 Å². The molecule has 0 spiro atoms. The van der Waals surface area contributed by atoms with E-state index in [2.05, 4.69) is 20.1 Å². The zero-order valence-electron chi connectivity index (χ0n) is 18.0. The maximum Gasteiger partial charge on any atom is 0.280 e. The van der Waals surface area contributed by atoms with Crippen molar-refractivity contribution in [1.29, 1.82) is 0 Å². The number of pyridine rings is 1. The fourth-order valence-corrected chi connectivity index (χ4v) is 3.50. The average molecular weight is 454 g/mol. The van der Waals surface area contributed by atoms with Crippen LogP contribution in [-0.4, -0.2) is 24.7 Å². The van der Waals surface area contributed by atoms with Crippen molar-refractivity contribution >= 4 is 5.95 Å². The molecule has 10 heteroatoms. The number of aryl methyl sites for hydroxylation is 2. The van der Waals surface area contributed by atoms with Gasteiger partial charge in [-0.25, -0.2) is 18.2 Å². The van der Waals surface area contributed by atoms with Gasteiger partial charge < -0.3 is 10.5 Å². The first-order valence-electron chi connectivity index (χ1n) is 10.2. The van der Waals surface area contributed by atoms with E-state index in [4.69, 9.17) is 10.5 Å². The quantitative estimate of drug-likeness (QED) is 0.424. The minimum Gasteiger partial charge on any atom is -0.471 e. The lowest BCUT2D eigenvalue weighted by Gasteiger charge is -2.17. The number of benzene rings is 1. The monoisotopic (exact) mass is 454 g/mol. The zero-order valence-corrected chi connectivity index (χ0v) is 18.0. The summed E-state index contributed by atoms with van der Waals surface area (Å²) in [6, 6.07) is 10.3. The Morgan fingerprint density at radius 2 is 1.79 bits per heavy atom. The predicted octanol–water partition coefficient (Wildman–Crippen LogP) is 4.97. The summed E-state index contributed by atoms with van der Waals surface area (Å²) in [6.07, 6.45) is -1.11. The lowest BCUT2D eigenvalue weighted by molar-refractivity contribution is 0.146. The van der Waals surface area contributed by atoms with Crippen LogP contribution in [0.25, 0.3) is 22.4 Å². The Bertz CT molecular complexity index is 1270. The van der Waals surface area contributed by atoms with Crippen LogP contribution in [0.5, 0.6) is 5.88 Å². The van der Waals surface area contributed by atoms with Gasteiger partial charge in [-0.1, -0.05) is 0 Å². The maximum absolute atomic E-state index is 13.5. The van der Waals surface area contributed by atoms with Crippen molar-refractivity contribution in [2.45, 2.75) is 33.4 Å². The van der Waals surface area contributed by atoms with Gasteiger partial charge in [0.25, 0.3) is 6.43 Å². The molecule has 0 radical (unpaired) electrons. The molecule has 0 amide bonds. The molecular weight excluding hydrogens is 433 g/mol. The van der Waals surface area contributed by atoms with Gasteiger partial charge >= 0.3 is 0 Å². The number of hydrogen-bond donors (Lipinski definition) is 1. The molecule has 33 heavy (non-hydrogen) atoms. The molecule has 2 N–H and O–H groups in total. The number of hydrogen-bond acceptors (Lipinski definition) is 6. The van der Waals surface area contributed by atoms with Crippen molar-refractivity contribution in [1.82, 2.24) is 24.7 Å². The van der Waals surface area contributed by atoms with E-state index in [1.165, 1.54) is 30.3 Å². The molecule has 170 valence electrons. The smallest absolute Gasteiger partial charge is 0.280 e. The normalized spacial score (nSPS) is 11.2. The summed E-state index contributed by atoms with van der Waals surface area (Å²) in [4.78, 5) is 12.5. The Hall–Kier alpha value is -3.95. The molecule has 0 bridgehead atoms. The highest BCUT2D eigenvalue weighted by atomic mass is 19.3. The number of halogens is 3. The molecule has 0 fully saturated rings. The van der Waals surface area contributed by atoms with Crippen LogP contribution in [0.15, 0.2) is 48.7 Å². The van der Waals surface area contributed by atoms with E-state index in [9.17, 15) is 13.2 Å². The van der Waals surface area contributed by atoms with Crippen molar-refractivity contribution in [3.8, 4) is 28.3 Å². The molecule has 0 atom stereocenters. The molecule has 7 nitrogen and oxygen atoms in total. The molecule has 0 aliphatic carbocycles. The Morgan fingerprint density at radius 3 is 2.48 bits per heavy atom. The highest BCUT2D eigenvalue weighted by Gasteiger charge is 2.22. The number of anilines is 1. The zero-order chi connectivity index (χ0) is 23.5. The molecule has 1 aromatic carbocycles. The van der Waals surface area contributed by atoms with E-state index in [1.54, 1.807) is 29.9 Å². The summed E-state index contributed by atoms with van der Waals surface area (Å²) in [7, 11) is 0. The van der Waals surface area contributed by atoms with E-state index in [1.807, 2.05) is 6.92 Å². The molecule has 3 heterocycles. The molecule has 4 rings (SSSR count). The van der Waals surface area contributed by atoms with E-state index < -0.39 is 12.2 Å². The fraction of sp³-hybridized carbons (Fsp3) is 0.217. The highest BCUT2D eigenvalue weighted by Crippen LogP contribution is 2.39. The SMILES string of the molecule is CCn1nccc1COc1nc(N)nc(-c2ccc(F)cc2)c1-c1cc(C)nc(C(F)F)c1. The van der Waals surface area contributed by atoms with Crippen molar-refractivity contribution in [2.24, 2.45) is 0 Å². The molecule has 0 saturated carbocycles. The number of nitrogens with two attached hydrogens (primary N) is 1. The van der Waals surface area contributed by atoms with Crippen molar-refractivity contribution in [3.05, 3.63) is 71.6 Å². The van der Waals surface area contributed by atoms with Gasteiger partial charge in [-0.15, -0.1) is 0 Å². The molecular formula is C23H21F3N6O. The maximum atomic E-state index is 13.5. The first-order chi connectivity index (χ1) is 15.9. The first-order valence-corrected chi connectivity index (χ1v) is 10.2. The third-order valence-electron chi connectivity index (χ3n) is 4.96. The number of nitrogen functional groups attached to an aromatic ring is 1. The number of nitrogens with zero attached hydrogens (tertiary/aromatic N) is 5. The number of alkyl halides is 2. The largest absolute Gasteiger partial charge is 0.471 e. The highest BCUT2D eigenvalue weighted by molar-refractivity contribution is 5.85. The van der Waals surface area contributed by atoms with Crippen LogP contribution in [0.1, 0.15) is 30.4 Å². The summed E-state index contributed by atoms with van der Waals surface area (Å²) in [5.41, 5.74) is 8.35. The average Bonchev–Trinajstić information content (AvgIpc) is 3.25. The summed E-state index contributed by atoms with van der Waals surface area (Å²) in [6.45, 7) is 4.33. The third-order valence-corrected chi connectivity index (χ3v) is 4.96. The minimum atomic E-state index is -2.77. The molecule has 0 unspecified atom stereocenters. The summed E-state index contributed by atoms with van der Waals surface area (Å²) >= 11 is 0. The van der Waals surface area contributed by atoms with Gasteiger partial charge in [0.05, 0.1) is 17.0 Å². The Labute approximate surface area is 188 Å². The lowest BCUT2D eigenvalue weighted by atomic mass is 9.99. The summed E-state index contributed by atoms with van der Waals surface area (Å²) < 4.78 is 48.3. The van der Waals surface area contributed by atoms with Gasteiger partial charge in [0.15, 0.2) is 0 Å². The van der Waals surface area contributed by atoms with Crippen LogP contribution in [0.2, 0.25) is 0 Å². The van der Waals surface area contributed by atoms with E-state index in [0.717, 1.165) is 5.69 Å². The van der Waals surface area contributed by atoms with E-state index >= 15 is 0 Å².